The van der Waals surface area contributed by atoms with E-state index < -0.39 is 22.0 Å². The van der Waals surface area contributed by atoms with E-state index in [1.807, 2.05) is 61.5 Å². The highest BCUT2D eigenvalue weighted by molar-refractivity contribution is 7.89. The van der Waals surface area contributed by atoms with Crippen LogP contribution < -0.4 is 14.8 Å². The summed E-state index contributed by atoms with van der Waals surface area (Å²) in [4.78, 5) is 12.9. The van der Waals surface area contributed by atoms with Crippen LogP contribution in [0.4, 0.5) is 0 Å². The predicted molar refractivity (Wildman–Crippen MR) is 127 cm³/mol. The van der Waals surface area contributed by atoms with Crippen molar-refractivity contribution in [2.75, 3.05) is 27.8 Å². The smallest absolute Gasteiger partial charge is 0.243 e. The van der Waals surface area contributed by atoms with Crippen molar-refractivity contribution < 1.29 is 22.7 Å². The SMILES string of the molecule is COc1ccc(S(=O)(=O)N(C)CC(=O)N[C@H](c2ccccc2)c2cccc(C)c2)cc1OC. The third-order valence-corrected chi connectivity index (χ3v) is 7.04. The van der Waals surface area contributed by atoms with Crippen LogP contribution in [-0.4, -0.2) is 46.4 Å². The van der Waals surface area contributed by atoms with Gasteiger partial charge in [-0.25, -0.2) is 8.42 Å². The van der Waals surface area contributed by atoms with E-state index in [1.165, 1.54) is 39.5 Å². The number of methoxy groups -OCH3 is 2. The van der Waals surface area contributed by atoms with Crippen LogP contribution in [0.25, 0.3) is 0 Å². The van der Waals surface area contributed by atoms with Crippen molar-refractivity contribution in [1.29, 1.82) is 0 Å². The van der Waals surface area contributed by atoms with Crippen LogP contribution in [0, 0.1) is 6.92 Å². The molecule has 0 radical (unpaired) electrons. The molecule has 0 spiro atoms. The zero-order valence-electron chi connectivity index (χ0n) is 19.1. The largest absolute Gasteiger partial charge is 0.493 e. The molecule has 1 N–H and O–H groups in total. The Labute approximate surface area is 195 Å². The molecule has 0 saturated carbocycles. The number of benzene rings is 3. The minimum Gasteiger partial charge on any atom is -0.493 e. The Kier molecular flexibility index (Phi) is 7.73. The highest BCUT2D eigenvalue weighted by atomic mass is 32.2. The van der Waals surface area contributed by atoms with Gasteiger partial charge in [-0.2, -0.15) is 4.31 Å². The van der Waals surface area contributed by atoms with E-state index in [9.17, 15) is 13.2 Å². The van der Waals surface area contributed by atoms with Gasteiger partial charge in [-0.1, -0.05) is 60.2 Å². The molecule has 0 aliphatic heterocycles. The summed E-state index contributed by atoms with van der Waals surface area (Å²) in [7, 11) is 0.347. The van der Waals surface area contributed by atoms with Gasteiger partial charge in [-0.3, -0.25) is 4.79 Å². The number of rotatable bonds is 9. The minimum absolute atomic E-state index is 0.00810. The highest BCUT2D eigenvalue weighted by Crippen LogP contribution is 2.30. The minimum atomic E-state index is -3.93. The van der Waals surface area contributed by atoms with E-state index in [4.69, 9.17) is 9.47 Å². The number of carbonyl (C=O) groups is 1. The van der Waals surface area contributed by atoms with Crippen LogP contribution in [0.5, 0.6) is 11.5 Å². The summed E-state index contributed by atoms with van der Waals surface area (Å²) in [6, 6.07) is 21.3. The number of sulfonamides is 1. The molecule has 8 heteroatoms. The van der Waals surface area contributed by atoms with E-state index in [0.717, 1.165) is 21.0 Å². The molecule has 0 aliphatic carbocycles. The zero-order valence-corrected chi connectivity index (χ0v) is 19.9. The Morgan fingerprint density at radius 1 is 0.909 bits per heavy atom. The van der Waals surface area contributed by atoms with Crippen LogP contribution in [0.15, 0.2) is 77.7 Å². The van der Waals surface area contributed by atoms with Crippen molar-refractivity contribution in [1.82, 2.24) is 9.62 Å². The molecular weight excluding hydrogens is 440 g/mol. The standard InChI is InChI=1S/C25H28N2O5S/c1-18-9-8-12-20(15-18)25(19-10-6-5-7-11-19)26-24(28)17-27(2)33(29,30)21-13-14-22(31-3)23(16-21)32-4/h5-16,25H,17H2,1-4H3,(H,26,28)/t25-/m1/s1. The van der Waals surface area contributed by atoms with E-state index in [1.54, 1.807) is 0 Å². The molecule has 1 atom stereocenters. The fraction of sp³-hybridized carbons (Fsp3) is 0.240. The number of hydrogen-bond acceptors (Lipinski definition) is 5. The molecule has 0 bridgehead atoms. The van der Waals surface area contributed by atoms with Gasteiger partial charge < -0.3 is 14.8 Å². The first-order valence-electron chi connectivity index (χ1n) is 10.4. The molecule has 0 saturated heterocycles. The molecule has 3 aromatic rings. The van der Waals surface area contributed by atoms with Gasteiger partial charge in [0.15, 0.2) is 11.5 Å². The number of nitrogens with zero attached hydrogens (tertiary/aromatic N) is 1. The second-order valence-corrected chi connectivity index (χ2v) is 9.65. The maximum absolute atomic E-state index is 13.1. The van der Waals surface area contributed by atoms with Crippen LogP contribution in [-0.2, 0) is 14.8 Å². The molecule has 0 heterocycles. The lowest BCUT2D eigenvalue weighted by molar-refractivity contribution is -0.121. The van der Waals surface area contributed by atoms with Crippen molar-refractivity contribution in [2.45, 2.75) is 17.9 Å². The lowest BCUT2D eigenvalue weighted by Crippen LogP contribution is -2.40. The molecule has 0 fully saturated rings. The molecular formula is C25H28N2O5S. The van der Waals surface area contributed by atoms with Gasteiger partial charge in [0, 0.05) is 13.1 Å². The van der Waals surface area contributed by atoms with Crippen LogP contribution in [0.3, 0.4) is 0 Å². The molecule has 3 rings (SSSR count). The number of nitrogens with one attached hydrogen (secondary N) is 1. The van der Waals surface area contributed by atoms with Gasteiger partial charge in [-0.15, -0.1) is 0 Å². The Balaban J connectivity index is 1.81. The first kappa shape index (κ1) is 24.3. The Bertz CT molecular complexity index is 1210. The number of carbonyl (C=O) groups excluding carboxylic acids is 1. The van der Waals surface area contributed by atoms with Crippen LogP contribution in [0.2, 0.25) is 0 Å². The monoisotopic (exact) mass is 468 g/mol. The maximum atomic E-state index is 13.1. The average molecular weight is 469 g/mol. The lowest BCUT2D eigenvalue weighted by Gasteiger charge is -2.23. The topological polar surface area (TPSA) is 84.9 Å². The summed E-state index contributed by atoms with van der Waals surface area (Å²) < 4.78 is 37.5. The predicted octanol–water partition coefficient (Wildman–Crippen LogP) is 3.54. The third kappa shape index (κ3) is 5.71. The first-order chi connectivity index (χ1) is 15.8. The molecule has 174 valence electrons. The number of likely N-dealkylation sites (N-methyl/N-ethyl adjacent to an activating group) is 1. The summed E-state index contributed by atoms with van der Waals surface area (Å²) in [5, 5.41) is 2.98. The Hall–Kier alpha value is -3.36. The van der Waals surface area contributed by atoms with E-state index in [0.29, 0.717) is 11.5 Å². The van der Waals surface area contributed by atoms with E-state index in [2.05, 4.69) is 5.32 Å². The second-order valence-electron chi connectivity index (χ2n) is 7.60. The van der Waals surface area contributed by atoms with Crippen molar-refractivity contribution in [2.24, 2.45) is 0 Å². The molecule has 33 heavy (non-hydrogen) atoms. The second kappa shape index (κ2) is 10.5. The molecule has 1 amide bonds. The summed E-state index contributed by atoms with van der Waals surface area (Å²) in [6.07, 6.45) is 0. The van der Waals surface area contributed by atoms with Crippen molar-refractivity contribution >= 4 is 15.9 Å². The van der Waals surface area contributed by atoms with Crippen molar-refractivity contribution in [3.8, 4) is 11.5 Å². The van der Waals surface area contributed by atoms with Gasteiger partial charge in [0.05, 0.1) is 31.7 Å². The Morgan fingerprint density at radius 3 is 2.21 bits per heavy atom. The zero-order chi connectivity index (χ0) is 24.0. The number of ether oxygens (including phenoxy) is 2. The van der Waals surface area contributed by atoms with Crippen LogP contribution in [0.1, 0.15) is 22.7 Å². The lowest BCUT2D eigenvalue weighted by atomic mass is 9.97. The van der Waals surface area contributed by atoms with Crippen molar-refractivity contribution in [3.05, 3.63) is 89.5 Å². The Morgan fingerprint density at radius 2 is 1.58 bits per heavy atom. The molecule has 7 nitrogen and oxygen atoms in total. The molecule has 0 aromatic heterocycles. The summed E-state index contributed by atoms with van der Waals surface area (Å²) in [5.74, 6) is 0.289. The number of aryl methyl sites for hydroxylation is 1. The van der Waals surface area contributed by atoms with Gasteiger partial charge in [0.2, 0.25) is 15.9 Å². The van der Waals surface area contributed by atoms with Crippen molar-refractivity contribution in [3.63, 3.8) is 0 Å². The molecule has 3 aromatic carbocycles. The molecule has 0 unspecified atom stereocenters. The van der Waals surface area contributed by atoms with Gasteiger partial charge in [0.25, 0.3) is 0 Å². The van der Waals surface area contributed by atoms with E-state index >= 15 is 0 Å². The quantitative estimate of drug-likeness (QED) is 0.519. The highest BCUT2D eigenvalue weighted by Gasteiger charge is 2.26. The van der Waals surface area contributed by atoms with Gasteiger partial charge in [-0.05, 0) is 30.2 Å². The summed E-state index contributed by atoms with van der Waals surface area (Å²) in [6.45, 7) is 1.64. The first-order valence-corrected chi connectivity index (χ1v) is 11.8. The fourth-order valence-corrected chi connectivity index (χ4v) is 4.65. The summed E-state index contributed by atoms with van der Waals surface area (Å²) in [5.41, 5.74) is 2.89. The van der Waals surface area contributed by atoms with Gasteiger partial charge in [0.1, 0.15) is 0 Å². The van der Waals surface area contributed by atoms with Gasteiger partial charge >= 0.3 is 0 Å². The van der Waals surface area contributed by atoms with E-state index in [-0.39, 0.29) is 11.4 Å². The van der Waals surface area contributed by atoms with Crippen LogP contribution >= 0.6 is 0 Å². The maximum Gasteiger partial charge on any atom is 0.243 e. The third-order valence-electron chi connectivity index (χ3n) is 5.24. The molecule has 0 aliphatic rings. The number of hydrogen-bond donors (Lipinski definition) is 1. The number of amides is 1. The fourth-order valence-electron chi connectivity index (χ4n) is 3.51. The summed E-state index contributed by atoms with van der Waals surface area (Å²) >= 11 is 0. The average Bonchev–Trinajstić information content (AvgIpc) is 2.82. The normalized spacial score (nSPS) is 12.3.